The number of hydrogen-bond donors (Lipinski definition) is 2. The van der Waals surface area contributed by atoms with E-state index in [1.807, 2.05) is 39.9 Å². The molecule has 20 heavy (non-hydrogen) atoms. The maximum absolute atomic E-state index is 12.4. The second kappa shape index (κ2) is 7.51. The fourth-order valence-corrected chi connectivity index (χ4v) is 4.82. The molecule has 0 spiro atoms. The summed E-state index contributed by atoms with van der Waals surface area (Å²) in [6, 6.07) is 1.69. The first-order valence-corrected chi connectivity index (χ1v) is 8.97. The van der Waals surface area contributed by atoms with Gasteiger partial charge in [0.05, 0.1) is 4.90 Å². The molecule has 2 N–H and O–H groups in total. The Balaban J connectivity index is 2.77. The second-order valence-electron chi connectivity index (χ2n) is 5.28. The Labute approximate surface area is 126 Å². The predicted octanol–water partition coefficient (Wildman–Crippen LogP) is 1.39. The number of hydrogen-bond acceptors (Lipinski definition) is 5. The maximum Gasteiger partial charge on any atom is 0.241 e. The van der Waals surface area contributed by atoms with Gasteiger partial charge < -0.3 is 10.2 Å². The Morgan fingerprint density at radius 1 is 1.40 bits per heavy atom. The molecule has 1 aromatic rings. The highest BCUT2D eigenvalue weighted by molar-refractivity contribution is 7.89. The van der Waals surface area contributed by atoms with Crippen LogP contribution in [0.4, 0.5) is 0 Å². The Kier molecular flexibility index (Phi) is 6.60. The van der Waals surface area contributed by atoms with Gasteiger partial charge in [-0.05, 0) is 54.0 Å². The van der Waals surface area contributed by atoms with Crippen LogP contribution >= 0.6 is 11.3 Å². The zero-order chi connectivity index (χ0) is 15.3. The smallest absolute Gasteiger partial charge is 0.241 e. The summed E-state index contributed by atoms with van der Waals surface area (Å²) >= 11 is 1.52. The molecule has 0 saturated heterocycles. The predicted molar refractivity (Wildman–Crippen MR) is 84.8 cm³/mol. The highest BCUT2D eigenvalue weighted by Gasteiger charge is 2.21. The molecule has 0 bridgehead atoms. The molecule has 0 aliphatic carbocycles. The maximum atomic E-state index is 12.4. The van der Waals surface area contributed by atoms with Crippen LogP contribution < -0.4 is 10.0 Å². The third-order valence-electron chi connectivity index (χ3n) is 2.93. The normalized spacial score (nSPS) is 13.9. The number of nitrogens with zero attached hydrogens (tertiary/aromatic N) is 1. The van der Waals surface area contributed by atoms with E-state index >= 15 is 0 Å². The number of thiophene rings is 1. The van der Waals surface area contributed by atoms with Crippen LogP contribution in [0.1, 0.15) is 23.1 Å². The lowest BCUT2D eigenvalue weighted by Gasteiger charge is -2.16. The van der Waals surface area contributed by atoms with E-state index in [0.717, 1.165) is 22.7 Å². The minimum Gasteiger partial charge on any atom is -0.315 e. The highest BCUT2D eigenvalue weighted by atomic mass is 32.2. The van der Waals surface area contributed by atoms with Gasteiger partial charge in [0, 0.05) is 22.3 Å². The molecule has 1 atom stereocenters. The van der Waals surface area contributed by atoms with Crippen molar-refractivity contribution in [3.8, 4) is 0 Å². The first kappa shape index (κ1) is 17.6. The second-order valence-corrected chi connectivity index (χ2v) is 8.30. The molecular formula is C13H25N3O2S2. The van der Waals surface area contributed by atoms with E-state index < -0.39 is 10.0 Å². The van der Waals surface area contributed by atoms with Crippen LogP contribution in [0, 0.1) is 6.92 Å². The number of rotatable bonds is 8. The largest absolute Gasteiger partial charge is 0.315 e. The van der Waals surface area contributed by atoms with Crippen LogP contribution in [0.3, 0.4) is 0 Å². The molecule has 1 unspecified atom stereocenters. The van der Waals surface area contributed by atoms with E-state index in [2.05, 4.69) is 10.0 Å². The molecule has 5 nitrogen and oxygen atoms in total. The van der Waals surface area contributed by atoms with Gasteiger partial charge in [0.1, 0.15) is 0 Å². The topological polar surface area (TPSA) is 61.4 Å². The molecule has 7 heteroatoms. The summed E-state index contributed by atoms with van der Waals surface area (Å²) in [6.07, 6.45) is 0.790. The van der Waals surface area contributed by atoms with Crippen LogP contribution in [0.15, 0.2) is 11.0 Å². The monoisotopic (exact) mass is 319 g/mol. The third kappa shape index (κ3) is 5.14. The lowest BCUT2D eigenvalue weighted by atomic mass is 10.2. The Hall–Kier alpha value is -0.470. The van der Waals surface area contributed by atoms with Crippen LogP contribution in [0.2, 0.25) is 0 Å². The quantitative estimate of drug-likeness (QED) is 0.760. The summed E-state index contributed by atoms with van der Waals surface area (Å²) in [4.78, 5) is 4.32. The van der Waals surface area contributed by atoms with E-state index in [1.54, 1.807) is 6.07 Å². The SMILES string of the molecule is CNCc1cc(S(=O)(=O)NC(C)CCN(C)C)c(C)s1. The van der Waals surface area contributed by atoms with Crippen molar-refractivity contribution in [1.82, 2.24) is 14.9 Å². The summed E-state index contributed by atoms with van der Waals surface area (Å²) in [5.74, 6) is 0. The lowest BCUT2D eigenvalue weighted by Crippen LogP contribution is -2.34. The van der Waals surface area contributed by atoms with Crippen molar-refractivity contribution in [2.24, 2.45) is 0 Å². The van der Waals surface area contributed by atoms with E-state index in [-0.39, 0.29) is 6.04 Å². The zero-order valence-electron chi connectivity index (χ0n) is 12.9. The van der Waals surface area contributed by atoms with Gasteiger partial charge in [0.15, 0.2) is 0 Å². The molecule has 1 aromatic heterocycles. The Morgan fingerprint density at radius 2 is 2.05 bits per heavy atom. The summed E-state index contributed by atoms with van der Waals surface area (Å²) in [6.45, 7) is 5.30. The minimum atomic E-state index is -3.42. The molecule has 0 aromatic carbocycles. The average Bonchev–Trinajstić information content (AvgIpc) is 2.68. The first-order chi connectivity index (χ1) is 9.26. The van der Waals surface area contributed by atoms with E-state index in [4.69, 9.17) is 0 Å². The van der Waals surface area contributed by atoms with Gasteiger partial charge in [-0.25, -0.2) is 13.1 Å². The minimum absolute atomic E-state index is 0.0746. The standard InChI is InChI=1S/C13H25N3O2S2/c1-10(6-7-16(4)5)15-20(17,18)13-8-12(9-14-3)19-11(13)2/h8,10,14-15H,6-7,9H2,1-5H3. The van der Waals surface area contributed by atoms with Crippen LogP contribution in [0.25, 0.3) is 0 Å². The van der Waals surface area contributed by atoms with E-state index in [0.29, 0.717) is 11.4 Å². The number of aryl methyl sites for hydroxylation is 1. The highest BCUT2D eigenvalue weighted by Crippen LogP contribution is 2.25. The summed E-state index contributed by atoms with van der Waals surface area (Å²) in [7, 11) is 2.39. The van der Waals surface area contributed by atoms with Crippen molar-refractivity contribution in [1.29, 1.82) is 0 Å². The first-order valence-electron chi connectivity index (χ1n) is 6.67. The molecule has 0 saturated carbocycles. The molecule has 0 aliphatic heterocycles. The Morgan fingerprint density at radius 3 is 2.60 bits per heavy atom. The average molecular weight is 319 g/mol. The van der Waals surface area contributed by atoms with Gasteiger partial charge in [-0.1, -0.05) is 0 Å². The van der Waals surface area contributed by atoms with Gasteiger partial charge in [0.25, 0.3) is 0 Å². The van der Waals surface area contributed by atoms with Crippen LogP contribution in [-0.4, -0.2) is 47.0 Å². The van der Waals surface area contributed by atoms with E-state index in [1.165, 1.54) is 11.3 Å². The van der Waals surface area contributed by atoms with Crippen LogP contribution in [0.5, 0.6) is 0 Å². The molecule has 0 aliphatic rings. The third-order valence-corrected chi connectivity index (χ3v) is 5.82. The van der Waals surface area contributed by atoms with Crippen LogP contribution in [-0.2, 0) is 16.6 Å². The van der Waals surface area contributed by atoms with Crippen molar-refractivity contribution >= 4 is 21.4 Å². The summed E-state index contributed by atoms with van der Waals surface area (Å²) < 4.78 is 27.5. The molecule has 0 fully saturated rings. The van der Waals surface area contributed by atoms with Crippen molar-refractivity contribution in [3.63, 3.8) is 0 Å². The molecule has 1 heterocycles. The molecule has 116 valence electrons. The molecular weight excluding hydrogens is 294 g/mol. The molecule has 1 rings (SSSR count). The van der Waals surface area contributed by atoms with Gasteiger partial charge in [0.2, 0.25) is 10.0 Å². The zero-order valence-corrected chi connectivity index (χ0v) is 14.5. The van der Waals surface area contributed by atoms with E-state index in [9.17, 15) is 8.42 Å². The van der Waals surface area contributed by atoms with Gasteiger partial charge in [-0.15, -0.1) is 11.3 Å². The molecule has 0 amide bonds. The van der Waals surface area contributed by atoms with Gasteiger partial charge >= 0.3 is 0 Å². The fraction of sp³-hybridized carbons (Fsp3) is 0.692. The van der Waals surface area contributed by atoms with Gasteiger partial charge in [-0.2, -0.15) is 0 Å². The lowest BCUT2D eigenvalue weighted by molar-refractivity contribution is 0.379. The van der Waals surface area contributed by atoms with Gasteiger partial charge in [-0.3, -0.25) is 0 Å². The van der Waals surface area contributed by atoms with Crippen molar-refractivity contribution in [2.45, 2.75) is 37.8 Å². The van der Waals surface area contributed by atoms with Crippen molar-refractivity contribution in [2.75, 3.05) is 27.7 Å². The number of nitrogens with one attached hydrogen (secondary N) is 2. The summed E-state index contributed by atoms with van der Waals surface area (Å²) in [5, 5.41) is 3.04. The molecule has 0 radical (unpaired) electrons. The fourth-order valence-electron chi connectivity index (χ4n) is 1.89. The Bertz CT molecular complexity index is 524. The summed E-state index contributed by atoms with van der Waals surface area (Å²) in [5.41, 5.74) is 0. The van der Waals surface area contributed by atoms with Crippen molar-refractivity contribution < 1.29 is 8.42 Å². The number of sulfonamides is 1. The van der Waals surface area contributed by atoms with Crippen molar-refractivity contribution in [3.05, 3.63) is 15.8 Å².